The lowest BCUT2D eigenvalue weighted by molar-refractivity contribution is 0.0696. The van der Waals surface area contributed by atoms with Crippen molar-refractivity contribution in [2.24, 2.45) is 0 Å². The first kappa shape index (κ1) is 17.8. The highest BCUT2D eigenvalue weighted by atomic mass is 127. The lowest BCUT2D eigenvalue weighted by Gasteiger charge is -2.12. The Morgan fingerprint density at radius 3 is 1.81 bits per heavy atom. The number of carboxylic acids is 1. The molecule has 0 amide bonds. The lowest BCUT2D eigenvalue weighted by atomic mass is 10.2. The van der Waals surface area contributed by atoms with Gasteiger partial charge in [0.2, 0.25) is 0 Å². The highest BCUT2D eigenvalue weighted by Gasteiger charge is 2.15. The second kappa shape index (κ2) is 7.33. The Balaban J connectivity index is 2.43. The molecule has 0 radical (unpaired) electrons. The molecule has 0 fully saturated rings. The van der Waals surface area contributed by atoms with Crippen molar-refractivity contribution in [3.63, 3.8) is 0 Å². The summed E-state index contributed by atoms with van der Waals surface area (Å²) >= 11 is 8.17. The van der Waals surface area contributed by atoms with Crippen LogP contribution in [0.2, 0.25) is 0 Å². The van der Waals surface area contributed by atoms with E-state index in [1.165, 1.54) is 0 Å². The minimum Gasteiger partial charge on any atom is -0.506 e. The molecule has 2 rings (SSSR count). The highest BCUT2D eigenvalue weighted by molar-refractivity contribution is 14.1. The van der Waals surface area contributed by atoms with Crippen LogP contribution in [0, 0.1) is 14.3 Å². The predicted octanol–water partition coefficient (Wildman–Crippen LogP) is 5.30. The fourth-order valence-corrected chi connectivity index (χ4v) is 5.20. The first-order valence-electron chi connectivity index (χ1n) is 5.37. The second-order valence-corrected chi connectivity index (χ2v) is 8.56. The number of halogens is 4. The number of phenols is 1. The van der Waals surface area contributed by atoms with Gasteiger partial charge in [0.05, 0.1) is 19.8 Å². The van der Waals surface area contributed by atoms with Crippen molar-refractivity contribution in [2.45, 2.75) is 0 Å². The minimum absolute atomic E-state index is 0.228. The van der Waals surface area contributed by atoms with Crippen molar-refractivity contribution in [2.75, 3.05) is 0 Å². The third-order valence-corrected chi connectivity index (χ3v) is 5.70. The quantitative estimate of drug-likeness (QED) is 0.421. The second-order valence-electron chi connectivity index (χ2n) is 3.91. The molecule has 0 unspecified atom stereocenters. The Bertz CT molecular complexity index is 684. The van der Waals surface area contributed by atoms with Gasteiger partial charge in [-0.15, -0.1) is 0 Å². The number of rotatable bonds is 3. The minimum atomic E-state index is -0.967. The molecule has 21 heavy (non-hydrogen) atoms. The van der Waals surface area contributed by atoms with E-state index in [-0.39, 0.29) is 11.3 Å². The van der Waals surface area contributed by atoms with Gasteiger partial charge in [0, 0.05) is 0 Å². The summed E-state index contributed by atoms with van der Waals surface area (Å²) in [5, 5.41) is 18.8. The number of aromatic carboxylic acids is 1. The molecule has 4 nitrogen and oxygen atoms in total. The van der Waals surface area contributed by atoms with Crippen molar-refractivity contribution in [1.29, 1.82) is 0 Å². The largest absolute Gasteiger partial charge is 0.506 e. The van der Waals surface area contributed by atoms with Gasteiger partial charge in [0.25, 0.3) is 0 Å². The number of carbonyl (C=O) groups is 1. The van der Waals surface area contributed by atoms with Crippen LogP contribution in [0.1, 0.15) is 10.4 Å². The molecule has 0 aliphatic heterocycles. The van der Waals surface area contributed by atoms with Crippen LogP contribution >= 0.6 is 90.4 Å². The van der Waals surface area contributed by atoms with E-state index in [9.17, 15) is 9.90 Å². The van der Waals surface area contributed by atoms with Gasteiger partial charge in [-0.3, -0.25) is 0 Å². The highest BCUT2D eigenvalue weighted by Crippen LogP contribution is 2.36. The average molecular weight is 734 g/mol. The first-order valence-corrected chi connectivity index (χ1v) is 9.69. The Hall–Kier alpha value is 0.430. The van der Waals surface area contributed by atoms with E-state index in [4.69, 9.17) is 9.84 Å². The summed E-state index contributed by atoms with van der Waals surface area (Å²) in [7, 11) is 0. The number of aromatic hydroxyl groups is 1. The molecular weight excluding hydrogens is 728 g/mol. The first-order chi connectivity index (χ1) is 9.79. The van der Waals surface area contributed by atoms with E-state index in [0.717, 1.165) is 7.14 Å². The van der Waals surface area contributed by atoms with Crippen LogP contribution in [0.4, 0.5) is 0 Å². The van der Waals surface area contributed by atoms with Crippen molar-refractivity contribution in [3.8, 4) is 17.2 Å². The van der Waals surface area contributed by atoms with Crippen LogP contribution < -0.4 is 4.74 Å². The molecule has 0 saturated carbocycles. The van der Waals surface area contributed by atoms with Crippen LogP contribution in [-0.2, 0) is 0 Å². The fourth-order valence-electron chi connectivity index (χ4n) is 1.50. The SMILES string of the molecule is O=C(O)c1cc(I)c(Oc2cc(I)c(O)c(I)c2)c(I)c1. The zero-order valence-electron chi connectivity index (χ0n) is 10.0. The maximum absolute atomic E-state index is 11.0. The van der Waals surface area contributed by atoms with E-state index in [2.05, 4.69) is 0 Å². The summed E-state index contributed by atoms with van der Waals surface area (Å²) in [5.74, 6) is 0.472. The maximum Gasteiger partial charge on any atom is 0.335 e. The Kier molecular flexibility index (Phi) is 6.21. The topological polar surface area (TPSA) is 66.8 Å². The van der Waals surface area contributed by atoms with Crippen molar-refractivity contribution >= 4 is 96.3 Å². The Morgan fingerprint density at radius 2 is 1.38 bits per heavy atom. The zero-order valence-corrected chi connectivity index (χ0v) is 18.7. The summed E-state index contributed by atoms with van der Waals surface area (Å²) in [6, 6.07) is 6.60. The number of benzene rings is 2. The van der Waals surface area contributed by atoms with Crippen LogP contribution in [-0.4, -0.2) is 16.2 Å². The molecule has 0 bridgehead atoms. The van der Waals surface area contributed by atoms with Crippen LogP contribution in [0.5, 0.6) is 17.2 Å². The molecule has 0 heterocycles. The lowest BCUT2D eigenvalue weighted by Crippen LogP contribution is -2.00. The van der Waals surface area contributed by atoms with E-state index in [1.807, 2.05) is 90.4 Å². The van der Waals surface area contributed by atoms with Crippen molar-refractivity contribution < 1.29 is 19.7 Å². The third-order valence-electron chi connectivity index (χ3n) is 2.46. The van der Waals surface area contributed by atoms with E-state index >= 15 is 0 Å². The molecule has 110 valence electrons. The van der Waals surface area contributed by atoms with Crippen LogP contribution in [0.3, 0.4) is 0 Å². The fraction of sp³-hybridized carbons (Fsp3) is 0. The number of hydrogen-bond acceptors (Lipinski definition) is 3. The summed E-state index contributed by atoms with van der Waals surface area (Å²) in [5.41, 5.74) is 0.228. The molecule has 0 spiro atoms. The summed E-state index contributed by atoms with van der Waals surface area (Å²) in [6.45, 7) is 0. The molecular formula is C13H6I4O4. The van der Waals surface area contributed by atoms with Gasteiger partial charge in [-0.1, -0.05) is 0 Å². The number of phenolic OH excluding ortho intramolecular Hbond substituents is 1. The van der Waals surface area contributed by atoms with Gasteiger partial charge in [-0.05, 0) is 115 Å². The number of ether oxygens (including phenoxy) is 1. The molecule has 0 aliphatic rings. The van der Waals surface area contributed by atoms with Crippen molar-refractivity contribution in [3.05, 3.63) is 44.1 Å². The van der Waals surface area contributed by atoms with Gasteiger partial charge in [-0.2, -0.15) is 0 Å². The maximum atomic E-state index is 11.0. The summed E-state index contributed by atoms with van der Waals surface area (Å²) in [6.07, 6.45) is 0. The van der Waals surface area contributed by atoms with Crippen molar-refractivity contribution in [1.82, 2.24) is 0 Å². The monoisotopic (exact) mass is 734 g/mol. The third kappa shape index (κ3) is 4.25. The van der Waals surface area contributed by atoms with E-state index in [0.29, 0.717) is 18.6 Å². The van der Waals surface area contributed by atoms with Gasteiger partial charge < -0.3 is 14.9 Å². The summed E-state index contributed by atoms with van der Waals surface area (Å²) < 4.78 is 8.69. The van der Waals surface area contributed by atoms with Gasteiger partial charge >= 0.3 is 5.97 Å². The normalized spacial score (nSPS) is 10.5. The average Bonchev–Trinajstić information content (AvgIpc) is 2.39. The Morgan fingerprint density at radius 1 is 0.905 bits per heavy atom. The molecule has 2 N–H and O–H groups in total. The predicted molar refractivity (Wildman–Crippen MR) is 112 cm³/mol. The van der Waals surface area contributed by atoms with Gasteiger partial charge in [0.15, 0.2) is 5.75 Å². The van der Waals surface area contributed by atoms with Crippen LogP contribution in [0.25, 0.3) is 0 Å². The smallest absolute Gasteiger partial charge is 0.335 e. The summed E-state index contributed by atoms with van der Waals surface area (Å²) in [4.78, 5) is 11.0. The van der Waals surface area contributed by atoms with Crippen LogP contribution in [0.15, 0.2) is 24.3 Å². The molecule has 2 aromatic rings. The van der Waals surface area contributed by atoms with Gasteiger partial charge in [0.1, 0.15) is 11.5 Å². The molecule has 2 aromatic carbocycles. The van der Waals surface area contributed by atoms with E-state index in [1.54, 1.807) is 24.3 Å². The molecule has 0 aromatic heterocycles. The molecule has 0 saturated heterocycles. The molecule has 0 aliphatic carbocycles. The Labute approximate surface area is 175 Å². The van der Waals surface area contributed by atoms with Gasteiger partial charge in [-0.25, -0.2) is 4.79 Å². The molecule has 0 atom stereocenters. The zero-order chi connectivity index (χ0) is 15.7. The standard InChI is InChI=1S/C13H6I4O4/c14-7-3-6(4-8(15)11(7)18)21-12-9(16)1-5(13(19)20)2-10(12)17/h1-4,18H,(H,19,20). The van der Waals surface area contributed by atoms with E-state index < -0.39 is 5.97 Å². The molecule has 8 heteroatoms. The number of hydrogen-bond donors (Lipinski definition) is 2. The number of carboxylic acid groups (broad SMARTS) is 1.